The van der Waals surface area contributed by atoms with Gasteiger partial charge in [-0.25, -0.2) is 0 Å². The van der Waals surface area contributed by atoms with Crippen molar-refractivity contribution >= 4 is 11.9 Å². The Morgan fingerprint density at radius 1 is 1.50 bits per heavy atom. The molecule has 1 atom stereocenters. The van der Waals surface area contributed by atoms with Gasteiger partial charge in [0.25, 0.3) is 0 Å². The summed E-state index contributed by atoms with van der Waals surface area (Å²) in [4.78, 5) is 26.3. The van der Waals surface area contributed by atoms with Gasteiger partial charge in [-0.1, -0.05) is 13.0 Å². The molecule has 5 nitrogen and oxygen atoms in total. The maximum atomic E-state index is 11.7. The Hall–Kier alpha value is -1.91. The van der Waals surface area contributed by atoms with Gasteiger partial charge >= 0.3 is 5.97 Å². The van der Waals surface area contributed by atoms with Crippen LogP contribution in [0.3, 0.4) is 0 Å². The Morgan fingerprint density at radius 2 is 2.22 bits per heavy atom. The molecule has 1 amide bonds. The van der Waals surface area contributed by atoms with Gasteiger partial charge in [0.2, 0.25) is 5.91 Å². The van der Waals surface area contributed by atoms with Crippen molar-refractivity contribution in [2.24, 2.45) is 5.92 Å². The SMILES string of the molecule is Cc1cccnc1CC(=O)NCC(C)CC(=O)O. The molecule has 1 unspecified atom stereocenters. The van der Waals surface area contributed by atoms with Crippen LogP contribution in [-0.4, -0.2) is 28.5 Å². The average Bonchev–Trinajstić information content (AvgIpc) is 2.29. The smallest absolute Gasteiger partial charge is 0.303 e. The van der Waals surface area contributed by atoms with Crippen LogP contribution in [0, 0.1) is 12.8 Å². The van der Waals surface area contributed by atoms with E-state index >= 15 is 0 Å². The monoisotopic (exact) mass is 250 g/mol. The van der Waals surface area contributed by atoms with E-state index in [2.05, 4.69) is 10.3 Å². The van der Waals surface area contributed by atoms with Gasteiger partial charge in [-0.2, -0.15) is 0 Å². The van der Waals surface area contributed by atoms with Gasteiger partial charge in [-0.3, -0.25) is 14.6 Å². The fourth-order valence-corrected chi connectivity index (χ4v) is 1.58. The zero-order valence-corrected chi connectivity index (χ0v) is 10.6. The van der Waals surface area contributed by atoms with Crippen molar-refractivity contribution < 1.29 is 14.7 Å². The third kappa shape index (κ3) is 4.95. The second-order valence-electron chi connectivity index (χ2n) is 4.45. The maximum Gasteiger partial charge on any atom is 0.303 e. The van der Waals surface area contributed by atoms with E-state index in [4.69, 9.17) is 5.11 Å². The van der Waals surface area contributed by atoms with Crippen molar-refractivity contribution in [3.8, 4) is 0 Å². The number of hydrogen-bond donors (Lipinski definition) is 2. The van der Waals surface area contributed by atoms with E-state index in [1.54, 1.807) is 13.1 Å². The largest absolute Gasteiger partial charge is 0.481 e. The topological polar surface area (TPSA) is 79.3 Å². The fourth-order valence-electron chi connectivity index (χ4n) is 1.58. The number of aryl methyl sites for hydroxylation is 1. The van der Waals surface area contributed by atoms with Crippen LogP contribution >= 0.6 is 0 Å². The van der Waals surface area contributed by atoms with Crippen LogP contribution in [0.5, 0.6) is 0 Å². The normalized spacial score (nSPS) is 11.9. The van der Waals surface area contributed by atoms with Gasteiger partial charge in [0.15, 0.2) is 0 Å². The second kappa shape index (κ2) is 6.74. The highest BCUT2D eigenvalue weighted by molar-refractivity contribution is 5.78. The third-order valence-corrected chi connectivity index (χ3v) is 2.62. The summed E-state index contributed by atoms with van der Waals surface area (Å²) in [5.74, 6) is -1.05. The van der Waals surface area contributed by atoms with E-state index in [-0.39, 0.29) is 24.7 Å². The van der Waals surface area contributed by atoms with E-state index in [0.717, 1.165) is 11.3 Å². The molecule has 0 fully saturated rings. The summed E-state index contributed by atoms with van der Waals surface area (Å²) in [5, 5.41) is 11.3. The molecule has 1 aromatic heterocycles. The Labute approximate surface area is 106 Å². The zero-order valence-electron chi connectivity index (χ0n) is 10.6. The molecule has 18 heavy (non-hydrogen) atoms. The first-order valence-corrected chi connectivity index (χ1v) is 5.88. The van der Waals surface area contributed by atoms with Crippen molar-refractivity contribution in [1.82, 2.24) is 10.3 Å². The predicted molar refractivity (Wildman–Crippen MR) is 67.1 cm³/mol. The van der Waals surface area contributed by atoms with Crippen LogP contribution in [0.25, 0.3) is 0 Å². The summed E-state index contributed by atoms with van der Waals surface area (Å²) in [6.45, 7) is 4.07. The fraction of sp³-hybridized carbons (Fsp3) is 0.462. The predicted octanol–water partition coefficient (Wildman–Crippen LogP) is 1.16. The molecule has 1 rings (SSSR count). The number of hydrogen-bond acceptors (Lipinski definition) is 3. The highest BCUT2D eigenvalue weighted by Gasteiger charge is 2.10. The molecule has 0 spiro atoms. The zero-order chi connectivity index (χ0) is 13.5. The number of pyridine rings is 1. The van der Waals surface area contributed by atoms with Crippen LogP contribution in [0.15, 0.2) is 18.3 Å². The highest BCUT2D eigenvalue weighted by atomic mass is 16.4. The van der Waals surface area contributed by atoms with Crippen LogP contribution < -0.4 is 5.32 Å². The molecule has 98 valence electrons. The lowest BCUT2D eigenvalue weighted by molar-refractivity contribution is -0.138. The first-order valence-electron chi connectivity index (χ1n) is 5.88. The summed E-state index contributed by atoms with van der Waals surface area (Å²) in [5.41, 5.74) is 1.73. The van der Waals surface area contributed by atoms with Gasteiger partial charge in [0, 0.05) is 19.2 Å². The van der Waals surface area contributed by atoms with E-state index < -0.39 is 5.97 Å². The number of aromatic nitrogens is 1. The second-order valence-corrected chi connectivity index (χ2v) is 4.45. The van der Waals surface area contributed by atoms with Crippen molar-refractivity contribution in [2.75, 3.05) is 6.54 Å². The van der Waals surface area contributed by atoms with Crippen molar-refractivity contribution in [3.05, 3.63) is 29.6 Å². The van der Waals surface area contributed by atoms with Crippen molar-refractivity contribution in [3.63, 3.8) is 0 Å². The Morgan fingerprint density at radius 3 is 2.83 bits per heavy atom. The first-order chi connectivity index (χ1) is 8.49. The summed E-state index contributed by atoms with van der Waals surface area (Å²) < 4.78 is 0. The van der Waals surface area contributed by atoms with Crippen LogP contribution in [-0.2, 0) is 16.0 Å². The number of amides is 1. The van der Waals surface area contributed by atoms with E-state index in [1.165, 1.54) is 0 Å². The minimum Gasteiger partial charge on any atom is -0.481 e. The highest BCUT2D eigenvalue weighted by Crippen LogP contribution is 2.04. The standard InChI is InChI=1S/C13H18N2O3/c1-9(6-13(17)18)8-15-12(16)7-11-10(2)4-3-5-14-11/h3-5,9H,6-8H2,1-2H3,(H,15,16)(H,17,18). The molecule has 0 aliphatic heterocycles. The molecule has 5 heteroatoms. The van der Waals surface area contributed by atoms with Crippen molar-refractivity contribution in [2.45, 2.75) is 26.7 Å². The molecule has 0 aliphatic carbocycles. The average molecular weight is 250 g/mol. The molecule has 0 radical (unpaired) electrons. The maximum absolute atomic E-state index is 11.7. The van der Waals surface area contributed by atoms with Gasteiger partial charge < -0.3 is 10.4 Å². The quantitative estimate of drug-likeness (QED) is 0.794. The molecule has 0 aromatic carbocycles. The molecule has 0 bridgehead atoms. The van der Waals surface area contributed by atoms with Gasteiger partial charge in [-0.15, -0.1) is 0 Å². The van der Waals surface area contributed by atoms with E-state index in [9.17, 15) is 9.59 Å². The lowest BCUT2D eigenvalue weighted by Crippen LogP contribution is -2.30. The number of nitrogens with one attached hydrogen (secondary N) is 1. The number of carbonyl (C=O) groups excluding carboxylic acids is 1. The number of nitrogens with zero attached hydrogens (tertiary/aromatic N) is 1. The van der Waals surface area contributed by atoms with Gasteiger partial charge in [0.05, 0.1) is 12.1 Å². The van der Waals surface area contributed by atoms with Crippen LogP contribution in [0.2, 0.25) is 0 Å². The Kier molecular flexibility index (Phi) is 5.30. The molecule has 0 saturated heterocycles. The summed E-state index contributed by atoms with van der Waals surface area (Å²) in [7, 11) is 0. The number of aliphatic carboxylic acids is 1. The Bertz CT molecular complexity index is 432. The Balaban J connectivity index is 2.39. The molecule has 0 saturated carbocycles. The summed E-state index contributed by atoms with van der Waals surface area (Å²) >= 11 is 0. The van der Waals surface area contributed by atoms with Crippen molar-refractivity contribution in [1.29, 1.82) is 0 Å². The summed E-state index contributed by atoms with van der Waals surface area (Å²) in [6, 6.07) is 3.73. The minimum absolute atomic E-state index is 0.0584. The number of rotatable bonds is 6. The molecular formula is C13H18N2O3. The molecule has 1 heterocycles. The molecular weight excluding hydrogens is 232 g/mol. The molecule has 2 N–H and O–H groups in total. The van der Waals surface area contributed by atoms with Gasteiger partial charge in [0.1, 0.15) is 0 Å². The van der Waals surface area contributed by atoms with E-state index in [1.807, 2.05) is 19.1 Å². The lowest BCUT2D eigenvalue weighted by Gasteiger charge is -2.10. The van der Waals surface area contributed by atoms with E-state index in [0.29, 0.717) is 6.54 Å². The number of carboxylic acid groups (broad SMARTS) is 1. The minimum atomic E-state index is -0.850. The van der Waals surface area contributed by atoms with Crippen LogP contribution in [0.4, 0.5) is 0 Å². The number of carboxylic acids is 1. The molecule has 0 aliphatic rings. The number of carbonyl (C=O) groups is 2. The van der Waals surface area contributed by atoms with Gasteiger partial charge in [-0.05, 0) is 24.5 Å². The first kappa shape index (κ1) is 14.2. The molecule has 1 aromatic rings. The summed E-state index contributed by atoms with van der Waals surface area (Å²) in [6.07, 6.45) is 1.94. The lowest BCUT2D eigenvalue weighted by atomic mass is 10.1. The third-order valence-electron chi connectivity index (χ3n) is 2.62. The van der Waals surface area contributed by atoms with Crippen LogP contribution in [0.1, 0.15) is 24.6 Å².